The predicted molar refractivity (Wildman–Crippen MR) is 74.4 cm³/mol. The lowest BCUT2D eigenvalue weighted by Crippen LogP contribution is -2.33. The Balaban J connectivity index is 2.12. The largest absolute Gasteiger partial charge is 0.378 e. The summed E-state index contributed by atoms with van der Waals surface area (Å²) in [5.41, 5.74) is 0. The zero-order valence-corrected chi connectivity index (χ0v) is 12.0. The van der Waals surface area contributed by atoms with Crippen LogP contribution in [0, 0.1) is 5.92 Å². The molecule has 1 atom stereocenters. The molecular formula is C15H31NO. The van der Waals surface area contributed by atoms with Crippen molar-refractivity contribution in [1.29, 1.82) is 0 Å². The minimum absolute atomic E-state index is 0.537. The zero-order valence-electron chi connectivity index (χ0n) is 12.0. The summed E-state index contributed by atoms with van der Waals surface area (Å²) in [6.07, 6.45) is 10.9. The van der Waals surface area contributed by atoms with E-state index in [1.807, 2.05) is 0 Å². The molecule has 17 heavy (non-hydrogen) atoms. The smallest absolute Gasteiger partial charge is 0.0576 e. The number of unbranched alkanes of at least 4 members (excludes halogenated alkanes) is 1. The van der Waals surface area contributed by atoms with Crippen LogP contribution in [-0.2, 0) is 4.74 Å². The van der Waals surface area contributed by atoms with Crippen LogP contribution in [0.4, 0.5) is 0 Å². The lowest BCUT2D eigenvalue weighted by atomic mass is 9.93. The fourth-order valence-corrected chi connectivity index (χ4v) is 2.69. The van der Waals surface area contributed by atoms with Gasteiger partial charge in [0.2, 0.25) is 0 Å². The highest BCUT2D eigenvalue weighted by Crippen LogP contribution is 2.22. The van der Waals surface area contributed by atoms with Crippen LogP contribution in [0.2, 0.25) is 0 Å². The first-order chi connectivity index (χ1) is 8.30. The molecule has 0 aromatic carbocycles. The fraction of sp³-hybridized carbons (Fsp3) is 1.00. The van der Waals surface area contributed by atoms with Gasteiger partial charge < -0.3 is 10.1 Å². The molecule has 0 aromatic rings. The van der Waals surface area contributed by atoms with Crippen LogP contribution in [-0.4, -0.2) is 25.8 Å². The molecule has 1 fully saturated rings. The van der Waals surface area contributed by atoms with Gasteiger partial charge in [0.25, 0.3) is 0 Å². The van der Waals surface area contributed by atoms with Gasteiger partial charge in [-0.05, 0) is 45.1 Å². The molecule has 2 heteroatoms. The van der Waals surface area contributed by atoms with Crippen molar-refractivity contribution in [3.63, 3.8) is 0 Å². The van der Waals surface area contributed by atoms with Gasteiger partial charge in [-0.2, -0.15) is 0 Å². The molecule has 0 bridgehead atoms. The second kappa shape index (κ2) is 8.93. The molecule has 0 radical (unpaired) electrons. The molecule has 102 valence electrons. The summed E-state index contributed by atoms with van der Waals surface area (Å²) < 4.78 is 6.10. The quantitative estimate of drug-likeness (QED) is 0.699. The normalized spacial score (nSPS) is 27.0. The van der Waals surface area contributed by atoms with E-state index in [4.69, 9.17) is 4.74 Å². The van der Waals surface area contributed by atoms with Gasteiger partial charge >= 0.3 is 0 Å². The Morgan fingerprint density at radius 2 is 1.88 bits per heavy atom. The van der Waals surface area contributed by atoms with Crippen molar-refractivity contribution in [2.45, 2.75) is 77.4 Å². The van der Waals surface area contributed by atoms with Crippen molar-refractivity contribution >= 4 is 0 Å². The Kier molecular flexibility index (Phi) is 7.87. The van der Waals surface area contributed by atoms with Gasteiger partial charge in [-0.1, -0.05) is 33.1 Å². The summed E-state index contributed by atoms with van der Waals surface area (Å²) in [5, 5.41) is 3.37. The molecule has 0 amide bonds. The minimum atomic E-state index is 0.537. The summed E-state index contributed by atoms with van der Waals surface area (Å²) in [7, 11) is 2.07. The monoisotopic (exact) mass is 241 g/mol. The molecule has 1 N–H and O–H groups in total. The molecule has 1 unspecified atom stereocenters. The number of ether oxygens (including phenoxy) is 1. The first kappa shape index (κ1) is 15.0. The number of nitrogens with one attached hydrogen (secondary N) is 1. The Labute approximate surface area is 108 Å². The molecule has 0 heterocycles. The Morgan fingerprint density at radius 3 is 2.41 bits per heavy atom. The van der Waals surface area contributed by atoms with Crippen molar-refractivity contribution in [2.24, 2.45) is 5.92 Å². The molecule has 2 nitrogen and oxygen atoms in total. The molecule has 1 aliphatic rings. The molecule has 0 aliphatic heterocycles. The Hall–Kier alpha value is -0.0800. The van der Waals surface area contributed by atoms with Crippen LogP contribution >= 0.6 is 0 Å². The van der Waals surface area contributed by atoms with E-state index in [2.05, 4.69) is 26.2 Å². The summed E-state index contributed by atoms with van der Waals surface area (Å²) in [4.78, 5) is 0. The third-order valence-electron chi connectivity index (χ3n) is 4.19. The van der Waals surface area contributed by atoms with Crippen molar-refractivity contribution in [3.8, 4) is 0 Å². The van der Waals surface area contributed by atoms with E-state index in [-0.39, 0.29) is 0 Å². The number of rotatable bonds is 8. The topological polar surface area (TPSA) is 21.3 Å². The molecule has 1 rings (SSSR count). The highest BCUT2D eigenvalue weighted by molar-refractivity contribution is 4.76. The molecule has 0 aromatic heterocycles. The highest BCUT2D eigenvalue weighted by atomic mass is 16.5. The first-order valence-electron chi connectivity index (χ1n) is 7.59. The fourth-order valence-electron chi connectivity index (χ4n) is 2.69. The number of hydrogen-bond donors (Lipinski definition) is 1. The van der Waals surface area contributed by atoms with Gasteiger partial charge in [-0.3, -0.25) is 0 Å². The first-order valence-corrected chi connectivity index (χ1v) is 7.59. The second-order valence-corrected chi connectivity index (χ2v) is 5.51. The lowest BCUT2D eigenvalue weighted by Gasteiger charge is -2.29. The van der Waals surface area contributed by atoms with Gasteiger partial charge in [0.15, 0.2) is 0 Å². The lowest BCUT2D eigenvalue weighted by molar-refractivity contribution is 0.000977. The average molecular weight is 241 g/mol. The maximum Gasteiger partial charge on any atom is 0.0576 e. The van der Waals surface area contributed by atoms with E-state index in [1.54, 1.807) is 0 Å². The number of hydrogen-bond acceptors (Lipinski definition) is 2. The zero-order chi connectivity index (χ0) is 12.5. The summed E-state index contributed by atoms with van der Waals surface area (Å²) in [6, 6.07) is 0.733. The standard InChI is InChI=1S/C15H31NO/c1-4-6-7-13(5-2)12-17-15-10-8-14(16-3)9-11-15/h13-16H,4-12H2,1-3H3. The third kappa shape index (κ3) is 5.87. The second-order valence-electron chi connectivity index (χ2n) is 5.51. The van der Waals surface area contributed by atoms with Crippen LogP contribution in [0.3, 0.4) is 0 Å². The van der Waals surface area contributed by atoms with Gasteiger partial charge in [0.05, 0.1) is 6.10 Å². The van der Waals surface area contributed by atoms with Gasteiger partial charge in [-0.25, -0.2) is 0 Å². The van der Waals surface area contributed by atoms with Crippen LogP contribution < -0.4 is 5.32 Å². The Morgan fingerprint density at radius 1 is 1.18 bits per heavy atom. The van der Waals surface area contributed by atoms with Gasteiger partial charge in [0.1, 0.15) is 0 Å². The molecule has 0 spiro atoms. The van der Waals surface area contributed by atoms with E-state index < -0.39 is 0 Å². The van der Waals surface area contributed by atoms with Crippen LogP contribution in [0.15, 0.2) is 0 Å². The summed E-state index contributed by atoms with van der Waals surface area (Å²) in [6.45, 7) is 5.56. The third-order valence-corrected chi connectivity index (χ3v) is 4.19. The maximum atomic E-state index is 6.10. The predicted octanol–water partition coefficient (Wildman–Crippen LogP) is 3.75. The van der Waals surface area contributed by atoms with Crippen molar-refractivity contribution in [3.05, 3.63) is 0 Å². The summed E-state index contributed by atoms with van der Waals surface area (Å²) in [5.74, 6) is 0.789. The van der Waals surface area contributed by atoms with E-state index in [1.165, 1.54) is 51.4 Å². The van der Waals surface area contributed by atoms with E-state index in [0.29, 0.717) is 6.10 Å². The molecule has 1 aliphatic carbocycles. The maximum absolute atomic E-state index is 6.10. The van der Waals surface area contributed by atoms with E-state index in [0.717, 1.165) is 18.6 Å². The summed E-state index contributed by atoms with van der Waals surface area (Å²) >= 11 is 0. The molecule has 0 saturated heterocycles. The molecular weight excluding hydrogens is 210 g/mol. The van der Waals surface area contributed by atoms with Gasteiger partial charge in [-0.15, -0.1) is 0 Å². The minimum Gasteiger partial charge on any atom is -0.378 e. The van der Waals surface area contributed by atoms with Crippen molar-refractivity contribution in [1.82, 2.24) is 5.32 Å². The van der Waals surface area contributed by atoms with Crippen molar-refractivity contribution in [2.75, 3.05) is 13.7 Å². The molecule has 1 saturated carbocycles. The van der Waals surface area contributed by atoms with Crippen LogP contribution in [0.25, 0.3) is 0 Å². The average Bonchev–Trinajstić information content (AvgIpc) is 2.39. The van der Waals surface area contributed by atoms with Crippen LogP contribution in [0.5, 0.6) is 0 Å². The SMILES string of the molecule is CCCCC(CC)COC1CCC(NC)CC1. The Bertz CT molecular complexity index is 176. The van der Waals surface area contributed by atoms with E-state index >= 15 is 0 Å². The van der Waals surface area contributed by atoms with E-state index in [9.17, 15) is 0 Å². The van der Waals surface area contributed by atoms with Crippen LogP contribution in [0.1, 0.15) is 65.2 Å². The van der Waals surface area contributed by atoms with Crippen molar-refractivity contribution < 1.29 is 4.74 Å². The highest BCUT2D eigenvalue weighted by Gasteiger charge is 2.21. The van der Waals surface area contributed by atoms with Gasteiger partial charge in [0, 0.05) is 12.6 Å².